The number of amides is 3. The van der Waals surface area contributed by atoms with E-state index in [-0.39, 0.29) is 41.3 Å². The van der Waals surface area contributed by atoms with E-state index < -0.39 is 39.4 Å². The van der Waals surface area contributed by atoms with Crippen LogP contribution in [-0.2, 0) is 21.4 Å². The molecule has 1 aliphatic carbocycles. The van der Waals surface area contributed by atoms with Crippen molar-refractivity contribution < 1.29 is 31.6 Å². The molecule has 3 amide bonds. The summed E-state index contributed by atoms with van der Waals surface area (Å²) in [5.74, 6) is -2.90. The molecule has 268 valence electrons. The van der Waals surface area contributed by atoms with Crippen molar-refractivity contribution in [1.29, 1.82) is 0 Å². The lowest BCUT2D eigenvalue weighted by atomic mass is 9.98. The van der Waals surface area contributed by atoms with Crippen LogP contribution in [0.1, 0.15) is 50.5 Å². The molecular formula is C34H35ClF2N8O5S. The number of likely N-dealkylation sites (N-methyl/N-ethyl adjacent to an activating group) is 1. The smallest absolute Gasteiger partial charge is 0.311 e. The molecule has 0 bridgehead atoms. The Balaban J connectivity index is 1.37. The second-order valence-electron chi connectivity index (χ2n) is 12.6. The number of nitrogens with zero attached hydrogens (tertiary/aromatic N) is 6. The summed E-state index contributed by atoms with van der Waals surface area (Å²) in [6.07, 6.45) is 2.91. The summed E-state index contributed by atoms with van der Waals surface area (Å²) in [7, 11) is 0.787. The highest BCUT2D eigenvalue weighted by Crippen LogP contribution is 2.37. The maximum Gasteiger partial charge on any atom is 0.311 e. The molecule has 2 N–H and O–H groups in total. The first-order valence-corrected chi connectivity index (χ1v) is 17.8. The third-order valence-corrected chi connectivity index (χ3v) is 11.4. The number of benzene rings is 1. The number of aromatic nitrogens is 3. The van der Waals surface area contributed by atoms with Crippen molar-refractivity contribution in [2.75, 3.05) is 51.6 Å². The number of rotatable bonds is 8. The number of anilines is 1. The average molecular weight is 741 g/mol. The van der Waals surface area contributed by atoms with Gasteiger partial charge in [-0.15, -0.1) is 0 Å². The highest BCUT2D eigenvalue weighted by atomic mass is 35.5. The number of piperazine rings is 1. The Kier molecular flexibility index (Phi) is 9.85. The molecule has 3 aromatic rings. The second kappa shape index (κ2) is 14.0. The summed E-state index contributed by atoms with van der Waals surface area (Å²) in [4.78, 5) is 55.1. The molecule has 3 aliphatic rings. The fourth-order valence-corrected chi connectivity index (χ4v) is 7.83. The van der Waals surface area contributed by atoms with Crippen molar-refractivity contribution in [3.05, 3.63) is 103 Å². The number of nitrogens with one attached hydrogen (secondary N) is 2. The number of H-pyrrole nitrogens is 1. The number of sulfonamides is 1. The van der Waals surface area contributed by atoms with Crippen molar-refractivity contribution in [1.82, 2.24) is 35.0 Å². The van der Waals surface area contributed by atoms with E-state index in [1.54, 1.807) is 42.2 Å². The highest BCUT2D eigenvalue weighted by Gasteiger charge is 2.35. The zero-order valence-corrected chi connectivity index (χ0v) is 29.8. The van der Waals surface area contributed by atoms with Crippen LogP contribution in [0.15, 0.2) is 58.3 Å². The summed E-state index contributed by atoms with van der Waals surface area (Å²) < 4.78 is 56.3. The fourth-order valence-electron chi connectivity index (χ4n) is 6.28. The fraction of sp³-hybridized carbons (Fsp3) is 0.324. The molecule has 2 aromatic heterocycles. The number of allylic oxidation sites excluding steroid dienone is 3. The van der Waals surface area contributed by atoms with Gasteiger partial charge in [0, 0.05) is 74.2 Å². The van der Waals surface area contributed by atoms with Crippen LogP contribution in [-0.4, -0.2) is 103 Å². The molecule has 0 atom stereocenters. The lowest BCUT2D eigenvalue weighted by Crippen LogP contribution is -2.47. The third-order valence-electron chi connectivity index (χ3n) is 9.26. The summed E-state index contributed by atoms with van der Waals surface area (Å²) in [5, 5.41) is 3.22. The van der Waals surface area contributed by atoms with E-state index in [4.69, 9.17) is 11.6 Å². The highest BCUT2D eigenvalue weighted by molar-refractivity contribution is 7.96. The molecule has 1 fully saturated rings. The van der Waals surface area contributed by atoms with Crippen molar-refractivity contribution in [2.45, 2.75) is 26.3 Å². The van der Waals surface area contributed by atoms with E-state index >= 15 is 0 Å². The van der Waals surface area contributed by atoms with Gasteiger partial charge in [0.15, 0.2) is 0 Å². The molecule has 51 heavy (non-hydrogen) atoms. The standard InChI is InChI=1S/C34H35ClF2N8O5S/c1-19-27(16-24-23-15-22(8-9-26(23)40-31(24)46)51(49,50)44(4)21-7-5-6-20(35)14-21)39-28(29(19)33(48)45-12-10-42(2)11-13-45)18-43(3)32(47)25-17-38-34(37)41-30(25)36/h5-7,14-17,39H,8-13,18H2,1-4H3,(H,40,46)/b24-16-. The number of aromatic amines is 1. The van der Waals surface area contributed by atoms with Crippen molar-refractivity contribution in [2.24, 2.45) is 0 Å². The zero-order valence-electron chi connectivity index (χ0n) is 28.3. The summed E-state index contributed by atoms with van der Waals surface area (Å²) in [6.45, 7) is 3.77. The van der Waals surface area contributed by atoms with Crippen molar-refractivity contribution in [3.8, 4) is 0 Å². The van der Waals surface area contributed by atoms with E-state index in [2.05, 4.69) is 25.2 Å². The number of halogens is 3. The van der Waals surface area contributed by atoms with Gasteiger partial charge in [0.1, 0.15) is 5.56 Å². The summed E-state index contributed by atoms with van der Waals surface area (Å²) in [5.41, 5.74) is 2.48. The Hall–Kier alpha value is -4.93. The first-order valence-electron chi connectivity index (χ1n) is 16.0. The van der Waals surface area contributed by atoms with Crippen LogP contribution in [0.25, 0.3) is 6.08 Å². The quantitative estimate of drug-likeness (QED) is 0.202. The predicted molar refractivity (Wildman–Crippen MR) is 186 cm³/mol. The minimum atomic E-state index is -3.99. The van der Waals surface area contributed by atoms with E-state index in [0.29, 0.717) is 65.1 Å². The molecule has 2 aliphatic heterocycles. The molecule has 13 nitrogen and oxygen atoms in total. The molecule has 4 heterocycles. The number of carbonyl (C=O) groups excluding carboxylic acids is 3. The molecule has 0 unspecified atom stereocenters. The zero-order chi connectivity index (χ0) is 36.8. The minimum absolute atomic E-state index is 0.109. The van der Waals surface area contributed by atoms with E-state index in [9.17, 15) is 31.6 Å². The number of carbonyl (C=O) groups is 3. The summed E-state index contributed by atoms with van der Waals surface area (Å²) >= 11 is 6.11. The van der Waals surface area contributed by atoms with Crippen LogP contribution in [0, 0.1) is 18.9 Å². The molecule has 1 saturated heterocycles. The first kappa shape index (κ1) is 35.9. The Morgan fingerprint density at radius 3 is 2.53 bits per heavy atom. The maximum atomic E-state index is 14.4. The first-order chi connectivity index (χ1) is 24.1. The molecule has 1 aromatic carbocycles. The lowest BCUT2D eigenvalue weighted by molar-refractivity contribution is -0.116. The van der Waals surface area contributed by atoms with Gasteiger partial charge in [-0.25, -0.2) is 13.4 Å². The maximum absolute atomic E-state index is 14.4. The van der Waals surface area contributed by atoms with Gasteiger partial charge < -0.3 is 25.0 Å². The van der Waals surface area contributed by atoms with E-state index in [1.165, 1.54) is 20.2 Å². The molecule has 17 heteroatoms. The molecule has 6 rings (SSSR count). The van der Waals surface area contributed by atoms with Gasteiger partial charge in [-0.3, -0.25) is 18.7 Å². The van der Waals surface area contributed by atoms with Gasteiger partial charge in [-0.05, 0) is 62.7 Å². The molecule has 0 radical (unpaired) electrons. The van der Waals surface area contributed by atoms with Gasteiger partial charge in [-0.1, -0.05) is 17.7 Å². The summed E-state index contributed by atoms with van der Waals surface area (Å²) in [6, 6.07) is 6.47. The Morgan fingerprint density at radius 2 is 1.84 bits per heavy atom. The van der Waals surface area contributed by atoms with Crippen LogP contribution in [0.4, 0.5) is 14.5 Å². The van der Waals surface area contributed by atoms with Gasteiger partial charge in [0.25, 0.3) is 27.7 Å². The van der Waals surface area contributed by atoms with Gasteiger partial charge >= 0.3 is 6.08 Å². The van der Waals surface area contributed by atoms with E-state index in [0.717, 1.165) is 15.4 Å². The van der Waals surface area contributed by atoms with Crippen molar-refractivity contribution >= 4 is 51.1 Å². The normalized spacial score (nSPS) is 17.4. The Bertz CT molecular complexity index is 2160. The largest absolute Gasteiger partial charge is 0.357 e. The average Bonchev–Trinajstić information content (AvgIpc) is 3.57. The van der Waals surface area contributed by atoms with E-state index in [1.807, 2.05) is 7.05 Å². The van der Waals surface area contributed by atoms with Gasteiger partial charge in [-0.2, -0.15) is 13.8 Å². The molecule has 0 saturated carbocycles. The molecular weight excluding hydrogens is 706 g/mol. The van der Waals surface area contributed by atoms with Crippen LogP contribution >= 0.6 is 11.6 Å². The topological polar surface area (TPSA) is 152 Å². The van der Waals surface area contributed by atoms with Crippen molar-refractivity contribution in [3.63, 3.8) is 0 Å². The second-order valence-corrected chi connectivity index (χ2v) is 15.0. The minimum Gasteiger partial charge on any atom is -0.357 e. The molecule has 0 spiro atoms. The van der Waals surface area contributed by atoms with Gasteiger partial charge in [0.05, 0.1) is 28.3 Å². The van der Waals surface area contributed by atoms with Crippen LogP contribution in [0.2, 0.25) is 5.02 Å². The number of hydrogen-bond acceptors (Lipinski definition) is 8. The Morgan fingerprint density at radius 1 is 1.12 bits per heavy atom. The monoisotopic (exact) mass is 740 g/mol. The third kappa shape index (κ3) is 7.03. The van der Waals surface area contributed by atoms with Crippen LogP contribution in [0.3, 0.4) is 0 Å². The predicted octanol–water partition coefficient (Wildman–Crippen LogP) is 3.62. The van der Waals surface area contributed by atoms with Crippen LogP contribution < -0.4 is 9.62 Å². The SMILES string of the molecule is Cc1c(/C=C2\C(=O)NC3=C2C=C(S(=O)(=O)N(C)c2cccc(Cl)c2)CC3)[nH]c(CN(C)C(=O)c2cnc(F)nc2F)c1C(=O)N1CCN(C)CC1. The van der Waals surface area contributed by atoms with Crippen LogP contribution in [0.5, 0.6) is 0 Å². The Labute approximate surface area is 298 Å². The van der Waals surface area contributed by atoms with Gasteiger partial charge in [0.2, 0.25) is 5.95 Å². The lowest BCUT2D eigenvalue weighted by Gasteiger charge is -2.32. The number of hydrogen-bond donors (Lipinski definition) is 2.